The second kappa shape index (κ2) is 7.32. The molecule has 108 valence electrons. The van der Waals surface area contributed by atoms with Crippen LogP contribution in [0.5, 0.6) is 0 Å². The summed E-state index contributed by atoms with van der Waals surface area (Å²) in [7, 11) is 0. The van der Waals surface area contributed by atoms with E-state index in [2.05, 4.69) is 45.1 Å². The Morgan fingerprint density at radius 1 is 1.16 bits per heavy atom. The highest BCUT2D eigenvalue weighted by atomic mass is 32.2. The highest BCUT2D eigenvalue weighted by molar-refractivity contribution is 8.00. The van der Waals surface area contributed by atoms with Crippen molar-refractivity contribution in [1.29, 1.82) is 0 Å². The second-order valence-corrected chi connectivity index (χ2v) is 7.74. The molecule has 0 aromatic heterocycles. The average Bonchev–Trinajstić information content (AvgIpc) is 2.40. The molecule has 1 unspecified atom stereocenters. The molecule has 0 aliphatic heterocycles. The molecular formula is C16H27NOS. The molecule has 1 rings (SSSR count). The van der Waals surface area contributed by atoms with E-state index in [1.807, 2.05) is 30.0 Å². The zero-order valence-electron chi connectivity index (χ0n) is 12.6. The summed E-state index contributed by atoms with van der Waals surface area (Å²) < 4.78 is 0.198. The highest BCUT2D eigenvalue weighted by Gasteiger charge is 2.32. The molecule has 0 amide bonds. The molecule has 0 bridgehead atoms. The molecule has 0 fully saturated rings. The number of rotatable bonds is 7. The molecule has 1 aromatic carbocycles. The van der Waals surface area contributed by atoms with Crippen LogP contribution in [-0.2, 0) is 5.54 Å². The molecule has 0 spiro atoms. The topological polar surface area (TPSA) is 32.3 Å². The highest BCUT2D eigenvalue weighted by Crippen LogP contribution is 2.32. The first-order valence-corrected chi connectivity index (χ1v) is 7.97. The molecule has 2 N–H and O–H groups in total. The first kappa shape index (κ1) is 16.5. The molecule has 0 heterocycles. The van der Waals surface area contributed by atoms with Crippen molar-refractivity contribution >= 4 is 11.8 Å². The lowest BCUT2D eigenvalue weighted by Crippen LogP contribution is -2.48. The molecule has 19 heavy (non-hydrogen) atoms. The van der Waals surface area contributed by atoms with Gasteiger partial charge in [-0.1, -0.05) is 58.0 Å². The van der Waals surface area contributed by atoms with Crippen LogP contribution >= 0.6 is 11.8 Å². The van der Waals surface area contributed by atoms with Crippen molar-refractivity contribution in [2.45, 2.75) is 44.4 Å². The van der Waals surface area contributed by atoms with E-state index in [1.165, 1.54) is 5.56 Å². The largest absolute Gasteiger partial charge is 0.394 e. The lowest BCUT2D eigenvalue weighted by atomic mass is 9.92. The second-order valence-electron chi connectivity index (χ2n) is 5.93. The molecule has 0 saturated heterocycles. The first-order valence-electron chi connectivity index (χ1n) is 6.99. The van der Waals surface area contributed by atoms with Gasteiger partial charge in [0.15, 0.2) is 0 Å². The third kappa shape index (κ3) is 5.17. The molecular weight excluding hydrogens is 254 g/mol. The van der Waals surface area contributed by atoms with E-state index >= 15 is 0 Å². The van der Waals surface area contributed by atoms with Crippen LogP contribution in [0.15, 0.2) is 30.3 Å². The Bertz CT molecular complexity index is 361. The minimum atomic E-state index is -0.338. The van der Waals surface area contributed by atoms with Gasteiger partial charge in [-0.05, 0) is 18.5 Å². The van der Waals surface area contributed by atoms with Gasteiger partial charge in [0, 0.05) is 10.5 Å². The Labute approximate surface area is 122 Å². The molecule has 0 aliphatic carbocycles. The summed E-state index contributed by atoms with van der Waals surface area (Å²) in [6.45, 7) is 9.83. The van der Waals surface area contributed by atoms with Crippen molar-refractivity contribution in [2.24, 2.45) is 0 Å². The van der Waals surface area contributed by atoms with E-state index in [-0.39, 0.29) is 16.9 Å². The van der Waals surface area contributed by atoms with Gasteiger partial charge >= 0.3 is 0 Å². The maximum Gasteiger partial charge on any atom is 0.0760 e. The third-order valence-electron chi connectivity index (χ3n) is 3.06. The van der Waals surface area contributed by atoms with Crippen LogP contribution in [0.25, 0.3) is 0 Å². The van der Waals surface area contributed by atoms with E-state index in [9.17, 15) is 5.11 Å². The number of hydrogen-bond acceptors (Lipinski definition) is 3. The van der Waals surface area contributed by atoms with Crippen molar-refractivity contribution in [2.75, 3.05) is 18.9 Å². The minimum absolute atomic E-state index is 0.125. The van der Waals surface area contributed by atoms with Gasteiger partial charge in [-0.2, -0.15) is 11.8 Å². The quantitative estimate of drug-likeness (QED) is 0.803. The summed E-state index contributed by atoms with van der Waals surface area (Å²) in [6, 6.07) is 10.3. The average molecular weight is 281 g/mol. The number of nitrogens with one attached hydrogen (secondary N) is 1. The maximum absolute atomic E-state index is 9.98. The maximum atomic E-state index is 9.98. The van der Waals surface area contributed by atoms with E-state index in [0.717, 1.165) is 18.7 Å². The van der Waals surface area contributed by atoms with Gasteiger partial charge < -0.3 is 10.4 Å². The number of aliphatic hydroxyl groups is 1. The van der Waals surface area contributed by atoms with Gasteiger partial charge in [0.25, 0.3) is 0 Å². The fourth-order valence-electron chi connectivity index (χ4n) is 1.89. The summed E-state index contributed by atoms with van der Waals surface area (Å²) in [6.07, 6.45) is 1.06. The van der Waals surface area contributed by atoms with Crippen molar-refractivity contribution in [1.82, 2.24) is 5.32 Å². The monoisotopic (exact) mass is 281 g/mol. The van der Waals surface area contributed by atoms with Gasteiger partial charge in [0.2, 0.25) is 0 Å². The smallest absolute Gasteiger partial charge is 0.0760 e. The number of thioether (sulfide) groups is 1. The van der Waals surface area contributed by atoms with Gasteiger partial charge in [0.05, 0.1) is 12.1 Å². The SMILES string of the molecule is CCCNC(CO)(CSC(C)(C)C)c1ccccc1. The summed E-state index contributed by atoms with van der Waals surface area (Å²) in [5, 5.41) is 13.5. The fourth-order valence-corrected chi connectivity index (χ4v) is 2.93. The summed E-state index contributed by atoms with van der Waals surface area (Å²) in [5.74, 6) is 0.872. The van der Waals surface area contributed by atoms with Gasteiger partial charge in [-0.3, -0.25) is 0 Å². The van der Waals surface area contributed by atoms with Crippen LogP contribution in [0.3, 0.4) is 0 Å². The summed E-state index contributed by atoms with van der Waals surface area (Å²) >= 11 is 1.89. The van der Waals surface area contributed by atoms with E-state index < -0.39 is 0 Å². The van der Waals surface area contributed by atoms with Gasteiger partial charge in [0.1, 0.15) is 0 Å². The molecule has 1 atom stereocenters. The van der Waals surface area contributed by atoms with Crippen molar-refractivity contribution < 1.29 is 5.11 Å². The first-order chi connectivity index (χ1) is 8.93. The van der Waals surface area contributed by atoms with Gasteiger partial charge in [-0.15, -0.1) is 0 Å². The van der Waals surface area contributed by atoms with Crippen LogP contribution < -0.4 is 5.32 Å². The number of benzene rings is 1. The zero-order chi connectivity index (χ0) is 14.4. The molecule has 3 heteroatoms. The van der Waals surface area contributed by atoms with Crippen LogP contribution in [0.1, 0.15) is 39.7 Å². The summed E-state index contributed by atoms with van der Waals surface area (Å²) in [5.41, 5.74) is 0.831. The Kier molecular flexibility index (Phi) is 6.37. The third-order valence-corrected chi connectivity index (χ3v) is 4.56. The molecule has 2 nitrogen and oxygen atoms in total. The predicted molar refractivity (Wildman–Crippen MR) is 85.7 cm³/mol. The van der Waals surface area contributed by atoms with E-state index in [0.29, 0.717) is 0 Å². The standard InChI is InChI=1S/C16H27NOS/c1-5-11-17-16(12-18,13-19-15(2,3)4)14-9-7-6-8-10-14/h6-10,17-18H,5,11-13H2,1-4H3. The molecule has 0 saturated carbocycles. The Morgan fingerprint density at radius 2 is 1.79 bits per heavy atom. The lowest BCUT2D eigenvalue weighted by molar-refractivity contribution is 0.179. The van der Waals surface area contributed by atoms with Crippen molar-refractivity contribution in [3.63, 3.8) is 0 Å². The number of hydrogen-bond donors (Lipinski definition) is 2. The molecule has 1 aromatic rings. The fraction of sp³-hybridized carbons (Fsp3) is 0.625. The Morgan fingerprint density at radius 3 is 2.26 bits per heavy atom. The predicted octanol–water partition coefficient (Wildman–Crippen LogP) is 3.41. The summed E-state index contributed by atoms with van der Waals surface area (Å²) in [4.78, 5) is 0. The van der Waals surface area contributed by atoms with Crippen LogP contribution in [-0.4, -0.2) is 28.8 Å². The Balaban J connectivity index is 2.94. The van der Waals surface area contributed by atoms with Crippen LogP contribution in [0, 0.1) is 0 Å². The Hall–Kier alpha value is -0.510. The van der Waals surface area contributed by atoms with Gasteiger partial charge in [-0.25, -0.2) is 0 Å². The van der Waals surface area contributed by atoms with E-state index in [1.54, 1.807) is 0 Å². The van der Waals surface area contributed by atoms with Crippen molar-refractivity contribution in [3.05, 3.63) is 35.9 Å². The molecule has 0 aliphatic rings. The number of aliphatic hydroxyl groups excluding tert-OH is 1. The van der Waals surface area contributed by atoms with Crippen molar-refractivity contribution in [3.8, 4) is 0 Å². The molecule has 0 radical (unpaired) electrons. The van der Waals surface area contributed by atoms with E-state index in [4.69, 9.17) is 0 Å². The lowest BCUT2D eigenvalue weighted by Gasteiger charge is -2.36. The van der Waals surface area contributed by atoms with Crippen LogP contribution in [0.2, 0.25) is 0 Å². The minimum Gasteiger partial charge on any atom is -0.394 e. The zero-order valence-corrected chi connectivity index (χ0v) is 13.4. The normalized spacial score (nSPS) is 15.2. The van der Waals surface area contributed by atoms with Crippen LogP contribution in [0.4, 0.5) is 0 Å².